The van der Waals surface area contributed by atoms with Crippen LogP contribution < -0.4 is 0 Å². The highest BCUT2D eigenvalue weighted by Gasteiger charge is 2.33. The molecule has 2 aromatic carbocycles. The molecule has 34 heavy (non-hydrogen) atoms. The van der Waals surface area contributed by atoms with Crippen molar-refractivity contribution in [1.82, 2.24) is 9.80 Å². The number of fused-ring (bicyclic) bond motifs is 1. The molecule has 1 aliphatic heterocycles. The van der Waals surface area contributed by atoms with Crippen LogP contribution in [0, 0.1) is 12.7 Å². The molecule has 0 aliphatic carbocycles. The molecule has 0 bridgehead atoms. The first-order valence-electron chi connectivity index (χ1n) is 11.4. The number of methoxy groups -OCH3 is 1. The fourth-order valence-corrected chi connectivity index (χ4v) is 5.23. The van der Waals surface area contributed by atoms with Crippen LogP contribution in [0.1, 0.15) is 33.2 Å². The zero-order valence-electron chi connectivity index (χ0n) is 19.5. The predicted molar refractivity (Wildman–Crippen MR) is 131 cm³/mol. The summed E-state index contributed by atoms with van der Waals surface area (Å²) in [5.41, 5.74) is 4.11. The molecule has 1 aromatic heterocycles. The first-order valence-corrected chi connectivity index (χ1v) is 12.3. The van der Waals surface area contributed by atoms with Crippen molar-refractivity contribution < 1.29 is 18.7 Å². The molecule has 0 saturated heterocycles. The summed E-state index contributed by atoms with van der Waals surface area (Å²) in [4.78, 5) is 31.4. The van der Waals surface area contributed by atoms with Crippen LogP contribution in [0.15, 0.2) is 60.0 Å². The second kappa shape index (κ2) is 10.9. The summed E-state index contributed by atoms with van der Waals surface area (Å²) in [7, 11) is 1.57. The van der Waals surface area contributed by atoms with Gasteiger partial charge >= 0.3 is 0 Å². The molecule has 0 saturated carbocycles. The fraction of sp³-hybridized carbons (Fsp3) is 0.333. The topological polar surface area (TPSA) is 49.9 Å². The molecule has 3 aromatic rings. The maximum absolute atomic E-state index is 13.6. The van der Waals surface area contributed by atoms with Gasteiger partial charge in [-0.1, -0.05) is 42.0 Å². The summed E-state index contributed by atoms with van der Waals surface area (Å²) in [6.07, 6.45) is 0.913. The Labute approximate surface area is 203 Å². The minimum atomic E-state index is -0.345. The SMILES string of the molecule is COCCN(CC(=O)N1CCc2sccc2C1c1ccc(C)cc1)C(=O)Cc1ccc(F)cc1. The summed E-state index contributed by atoms with van der Waals surface area (Å²) in [5.74, 6) is -0.620. The smallest absolute Gasteiger partial charge is 0.242 e. The van der Waals surface area contributed by atoms with Gasteiger partial charge in [0.25, 0.3) is 0 Å². The van der Waals surface area contributed by atoms with E-state index in [1.54, 1.807) is 35.5 Å². The Balaban J connectivity index is 1.55. The van der Waals surface area contributed by atoms with Crippen LogP contribution in [0.4, 0.5) is 4.39 Å². The Morgan fingerprint density at radius 2 is 1.85 bits per heavy atom. The van der Waals surface area contributed by atoms with E-state index in [-0.39, 0.29) is 36.6 Å². The van der Waals surface area contributed by atoms with E-state index in [1.165, 1.54) is 22.6 Å². The van der Waals surface area contributed by atoms with Gasteiger partial charge < -0.3 is 14.5 Å². The lowest BCUT2D eigenvalue weighted by atomic mass is 9.92. The second-order valence-corrected chi connectivity index (χ2v) is 9.56. The number of hydrogen-bond acceptors (Lipinski definition) is 4. The van der Waals surface area contributed by atoms with Crippen LogP contribution in [0.25, 0.3) is 0 Å². The first-order chi connectivity index (χ1) is 16.5. The minimum absolute atomic E-state index is 0.0226. The third-order valence-corrected chi connectivity index (χ3v) is 7.19. The standard InChI is InChI=1S/C27H29FN2O3S/c1-19-3-7-21(8-4-19)27-23-12-16-34-24(23)11-13-30(27)26(32)18-29(14-15-33-2)25(31)17-20-5-9-22(28)10-6-20/h3-10,12,16,27H,11,13-15,17-18H2,1-2H3. The van der Waals surface area contributed by atoms with Crippen molar-refractivity contribution >= 4 is 23.2 Å². The first kappa shape index (κ1) is 24.1. The van der Waals surface area contributed by atoms with E-state index in [2.05, 4.69) is 35.7 Å². The van der Waals surface area contributed by atoms with Gasteiger partial charge in [-0.05, 0) is 53.6 Å². The van der Waals surface area contributed by atoms with Gasteiger partial charge in [-0.25, -0.2) is 4.39 Å². The summed E-state index contributed by atoms with van der Waals surface area (Å²) >= 11 is 1.73. The number of amides is 2. The van der Waals surface area contributed by atoms with Crippen molar-refractivity contribution in [2.24, 2.45) is 0 Å². The molecular formula is C27H29FN2O3S. The number of carbonyl (C=O) groups is 2. The third kappa shape index (κ3) is 5.54. The van der Waals surface area contributed by atoms with Gasteiger partial charge in [0.1, 0.15) is 5.82 Å². The van der Waals surface area contributed by atoms with Gasteiger partial charge in [-0.2, -0.15) is 0 Å². The van der Waals surface area contributed by atoms with Gasteiger partial charge in [-0.3, -0.25) is 9.59 Å². The Morgan fingerprint density at radius 1 is 1.12 bits per heavy atom. The zero-order chi connectivity index (χ0) is 24.1. The highest BCUT2D eigenvalue weighted by Crippen LogP contribution is 2.38. The fourth-order valence-electron chi connectivity index (χ4n) is 4.33. The maximum atomic E-state index is 13.6. The lowest BCUT2D eigenvalue weighted by molar-refractivity contribution is -0.141. The molecule has 7 heteroatoms. The molecule has 0 N–H and O–H groups in total. The maximum Gasteiger partial charge on any atom is 0.242 e. The van der Waals surface area contributed by atoms with E-state index < -0.39 is 0 Å². The van der Waals surface area contributed by atoms with Gasteiger partial charge in [-0.15, -0.1) is 11.3 Å². The molecule has 1 atom stereocenters. The number of aryl methyl sites for hydroxylation is 1. The van der Waals surface area contributed by atoms with Crippen LogP contribution in [-0.2, 0) is 27.2 Å². The van der Waals surface area contributed by atoms with Crippen molar-refractivity contribution in [2.45, 2.75) is 25.8 Å². The molecule has 5 nitrogen and oxygen atoms in total. The lowest BCUT2D eigenvalue weighted by Crippen LogP contribution is -2.47. The molecule has 1 aliphatic rings. The number of hydrogen-bond donors (Lipinski definition) is 0. The Kier molecular flexibility index (Phi) is 7.75. The van der Waals surface area contributed by atoms with Crippen molar-refractivity contribution in [1.29, 1.82) is 0 Å². The molecule has 0 fully saturated rings. The van der Waals surface area contributed by atoms with Gasteiger partial charge in [0.05, 0.1) is 25.6 Å². The number of thiophene rings is 1. The molecular weight excluding hydrogens is 451 g/mol. The number of halogens is 1. The normalized spacial score (nSPS) is 15.1. The summed E-state index contributed by atoms with van der Waals surface area (Å²) < 4.78 is 18.4. The average Bonchev–Trinajstić information content (AvgIpc) is 3.32. The number of ether oxygens (including phenoxy) is 1. The predicted octanol–water partition coefficient (Wildman–Crippen LogP) is 4.39. The summed E-state index contributed by atoms with van der Waals surface area (Å²) in [6.45, 7) is 3.28. The molecule has 0 radical (unpaired) electrons. The van der Waals surface area contributed by atoms with E-state index in [0.717, 1.165) is 17.5 Å². The van der Waals surface area contributed by atoms with Crippen LogP contribution in [0.2, 0.25) is 0 Å². The lowest BCUT2D eigenvalue weighted by Gasteiger charge is -2.37. The van der Waals surface area contributed by atoms with Crippen molar-refractivity contribution in [3.8, 4) is 0 Å². The van der Waals surface area contributed by atoms with E-state index in [0.29, 0.717) is 25.3 Å². The molecule has 2 amide bonds. The van der Waals surface area contributed by atoms with Gasteiger partial charge in [0, 0.05) is 25.1 Å². The van der Waals surface area contributed by atoms with E-state index in [1.807, 2.05) is 11.8 Å². The largest absolute Gasteiger partial charge is 0.383 e. The summed E-state index contributed by atoms with van der Waals surface area (Å²) in [5, 5.41) is 2.08. The Morgan fingerprint density at radius 3 is 2.56 bits per heavy atom. The summed E-state index contributed by atoms with van der Waals surface area (Å²) in [6, 6.07) is 16.1. The third-order valence-electron chi connectivity index (χ3n) is 6.19. The average molecular weight is 481 g/mol. The van der Waals surface area contributed by atoms with Crippen LogP contribution in [0.5, 0.6) is 0 Å². The number of nitrogens with zero attached hydrogens (tertiary/aromatic N) is 2. The minimum Gasteiger partial charge on any atom is -0.383 e. The second-order valence-electron chi connectivity index (χ2n) is 8.56. The van der Waals surface area contributed by atoms with Crippen molar-refractivity contribution in [3.63, 3.8) is 0 Å². The molecule has 2 heterocycles. The van der Waals surface area contributed by atoms with E-state index in [9.17, 15) is 14.0 Å². The molecule has 1 unspecified atom stereocenters. The monoisotopic (exact) mass is 480 g/mol. The quantitative estimate of drug-likeness (QED) is 0.481. The highest BCUT2D eigenvalue weighted by molar-refractivity contribution is 7.10. The highest BCUT2D eigenvalue weighted by atomic mass is 32.1. The number of benzene rings is 2. The van der Waals surface area contributed by atoms with Crippen LogP contribution in [-0.4, -0.2) is 55.0 Å². The van der Waals surface area contributed by atoms with Crippen molar-refractivity contribution in [3.05, 3.63) is 92.9 Å². The molecule has 0 spiro atoms. The molecule has 178 valence electrons. The zero-order valence-corrected chi connectivity index (χ0v) is 20.3. The van der Waals surface area contributed by atoms with E-state index >= 15 is 0 Å². The van der Waals surface area contributed by atoms with Crippen LogP contribution >= 0.6 is 11.3 Å². The van der Waals surface area contributed by atoms with Gasteiger partial charge in [0.2, 0.25) is 11.8 Å². The number of carbonyl (C=O) groups excluding carboxylic acids is 2. The Hall–Kier alpha value is -3.03. The van der Waals surface area contributed by atoms with Crippen molar-refractivity contribution in [2.75, 3.05) is 33.4 Å². The van der Waals surface area contributed by atoms with E-state index in [4.69, 9.17) is 4.74 Å². The number of rotatable bonds is 8. The Bertz CT molecular complexity index is 1130. The van der Waals surface area contributed by atoms with Crippen LogP contribution in [0.3, 0.4) is 0 Å². The van der Waals surface area contributed by atoms with Gasteiger partial charge in [0.15, 0.2) is 0 Å². The molecule has 4 rings (SSSR count).